The van der Waals surface area contributed by atoms with Crippen molar-refractivity contribution in [3.63, 3.8) is 0 Å². The molecule has 0 unspecified atom stereocenters. The fourth-order valence-electron chi connectivity index (χ4n) is 7.40. The number of aromatic nitrogens is 1. The molecule has 1 fully saturated rings. The molecule has 0 amide bonds. The average Bonchev–Trinajstić information content (AvgIpc) is 3.72. The summed E-state index contributed by atoms with van der Waals surface area (Å²) in [6.07, 6.45) is 13.3. The smallest absolute Gasteiger partial charge is 0.203 e. The Balaban J connectivity index is 0.800. The van der Waals surface area contributed by atoms with Crippen LogP contribution in [0, 0.1) is 0 Å². The standard InChI is InChI=1S/C48H61N3O7S/c1-52-40-22-20-36(18-19-37-33-44(54-3)47(56-5)45(34-37)55-4)32-43(40)58-31-15-9-7-13-25-51-28-26-50(27-29-51)24-12-6-8-14-30-57-41-23-21-38(35-42(41)53-2)48-49-39-16-10-11-17-46(39)59-48/h10-11,16-23,32-35H,6-9,12-15,24-31H2,1-5H3/b19-18-. The highest BCUT2D eigenvalue weighted by Gasteiger charge is 2.17. The van der Waals surface area contributed by atoms with Gasteiger partial charge in [0.25, 0.3) is 0 Å². The Hall–Kier alpha value is -4.97. The lowest BCUT2D eigenvalue weighted by atomic mass is 10.1. The summed E-state index contributed by atoms with van der Waals surface area (Å²) in [6.45, 7) is 8.40. The number of thiazole rings is 1. The molecule has 0 radical (unpaired) electrons. The highest BCUT2D eigenvalue weighted by atomic mass is 32.1. The van der Waals surface area contributed by atoms with Gasteiger partial charge >= 0.3 is 0 Å². The number of hydrogen-bond donors (Lipinski definition) is 0. The molecule has 5 aromatic rings. The van der Waals surface area contributed by atoms with E-state index in [0.29, 0.717) is 30.5 Å². The third-order valence-electron chi connectivity index (χ3n) is 10.8. The molecule has 59 heavy (non-hydrogen) atoms. The topological polar surface area (TPSA) is 84.0 Å². The first-order valence-corrected chi connectivity index (χ1v) is 21.7. The molecule has 0 N–H and O–H groups in total. The van der Waals surface area contributed by atoms with E-state index in [0.717, 1.165) is 69.5 Å². The second-order valence-electron chi connectivity index (χ2n) is 14.8. The molecular weight excluding hydrogens is 763 g/mol. The number of nitrogens with zero attached hydrogens (tertiary/aromatic N) is 3. The lowest BCUT2D eigenvalue weighted by Gasteiger charge is -2.34. The monoisotopic (exact) mass is 823 g/mol. The zero-order valence-corrected chi connectivity index (χ0v) is 36.3. The van der Waals surface area contributed by atoms with Crippen LogP contribution < -0.4 is 33.2 Å². The molecule has 0 aliphatic carbocycles. The largest absolute Gasteiger partial charge is 0.493 e. The molecule has 0 atom stereocenters. The van der Waals surface area contributed by atoms with Crippen LogP contribution in [0.25, 0.3) is 32.9 Å². The SMILES string of the molecule is COc1cc(-c2nc3ccccc3s2)ccc1OCCCCCCN1CCN(CCCCCCOc2cc(/C=C\c3cc(OC)c(OC)c(OC)c3)ccc2OC)CC1. The van der Waals surface area contributed by atoms with Gasteiger partial charge in [-0.05, 0) is 104 Å². The summed E-state index contributed by atoms with van der Waals surface area (Å²) in [5.41, 5.74) is 4.03. The third-order valence-corrected chi connectivity index (χ3v) is 11.9. The van der Waals surface area contributed by atoms with Gasteiger partial charge in [0.2, 0.25) is 5.75 Å². The van der Waals surface area contributed by atoms with Crippen LogP contribution in [0.4, 0.5) is 0 Å². The van der Waals surface area contributed by atoms with Gasteiger partial charge in [0.05, 0.1) is 59.0 Å². The molecule has 316 valence electrons. The Bertz CT molecular complexity index is 2020. The van der Waals surface area contributed by atoms with E-state index in [1.807, 2.05) is 60.7 Å². The number of fused-ring (bicyclic) bond motifs is 1. The average molecular weight is 824 g/mol. The van der Waals surface area contributed by atoms with Gasteiger partial charge in [-0.15, -0.1) is 11.3 Å². The normalized spacial score (nSPS) is 13.5. The molecule has 10 nitrogen and oxygen atoms in total. The maximum atomic E-state index is 6.20. The number of methoxy groups -OCH3 is 5. The summed E-state index contributed by atoms with van der Waals surface area (Å²) in [5, 5.41) is 0.994. The minimum absolute atomic E-state index is 0.574. The van der Waals surface area contributed by atoms with E-state index in [1.165, 1.54) is 76.1 Å². The van der Waals surface area contributed by atoms with Crippen molar-refractivity contribution < 1.29 is 33.2 Å². The Morgan fingerprint density at radius 1 is 0.525 bits per heavy atom. The van der Waals surface area contributed by atoms with Crippen LogP contribution in [0.2, 0.25) is 0 Å². The van der Waals surface area contributed by atoms with Gasteiger partial charge in [0.1, 0.15) is 5.01 Å². The highest BCUT2D eigenvalue weighted by molar-refractivity contribution is 7.21. The molecule has 1 aliphatic rings. The predicted octanol–water partition coefficient (Wildman–Crippen LogP) is 10.4. The van der Waals surface area contributed by atoms with Crippen LogP contribution in [0.1, 0.15) is 62.5 Å². The molecule has 11 heteroatoms. The van der Waals surface area contributed by atoms with Crippen molar-refractivity contribution >= 4 is 33.7 Å². The van der Waals surface area contributed by atoms with Crippen molar-refractivity contribution in [3.05, 3.63) is 83.9 Å². The van der Waals surface area contributed by atoms with Gasteiger partial charge in [-0.25, -0.2) is 4.98 Å². The van der Waals surface area contributed by atoms with E-state index in [9.17, 15) is 0 Å². The van der Waals surface area contributed by atoms with E-state index >= 15 is 0 Å². The number of para-hydroxylation sites is 1. The zero-order chi connectivity index (χ0) is 41.2. The minimum Gasteiger partial charge on any atom is -0.493 e. The molecule has 6 rings (SSSR count). The van der Waals surface area contributed by atoms with Crippen molar-refractivity contribution in [2.45, 2.75) is 51.4 Å². The number of ether oxygens (including phenoxy) is 7. The van der Waals surface area contributed by atoms with Crippen LogP contribution in [0.5, 0.6) is 40.2 Å². The maximum Gasteiger partial charge on any atom is 0.203 e. The second-order valence-corrected chi connectivity index (χ2v) is 15.8. The number of unbranched alkanes of at least 4 members (excludes halogenated alkanes) is 6. The van der Waals surface area contributed by atoms with Gasteiger partial charge in [-0.1, -0.05) is 56.0 Å². The minimum atomic E-state index is 0.574. The Kier molecular flexibility index (Phi) is 17.0. The first-order chi connectivity index (χ1) is 29.0. The van der Waals surface area contributed by atoms with Gasteiger partial charge in [0, 0.05) is 31.7 Å². The maximum absolute atomic E-state index is 6.20. The quantitative estimate of drug-likeness (QED) is 0.0443. The fraction of sp³-hybridized carbons (Fsp3) is 0.438. The first-order valence-electron chi connectivity index (χ1n) is 20.9. The van der Waals surface area contributed by atoms with Crippen molar-refractivity contribution in [2.24, 2.45) is 0 Å². The van der Waals surface area contributed by atoms with Crippen molar-refractivity contribution in [2.75, 3.05) is 88.0 Å². The number of piperazine rings is 1. The molecule has 0 spiro atoms. The van der Waals surface area contributed by atoms with Gasteiger partial charge < -0.3 is 43.0 Å². The summed E-state index contributed by atoms with van der Waals surface area (Å²) >= 11 is 1.70. The molecule has 1 aliphatic heterocycles. The van der Waals surface area contributed by atoms with Crippen LogP contribution in [0.3, 0.4) is 0 Å². The zero-order valence-electron chi connectivity index (χ0n) is 35.5. The number of hydrogen-bond acceptors (Lipinski definition) is 11. The Labute approximate surface area is 354 Å². The van der Waals surface area contributed by atoms with Crippen LogP contribution >= 0.6 is 11.3 Å². The highest BCUT2D eigenvalue weighted by Crippen LogP contribution is 2.39. The molecular formula is C48H61N3O7S. The molecule has 4 aromatic carbocycles. The summed E-state index contributed by atoms with van der Waals surface area (Å²) in [4.78, 5) is 10.1. The third kappa shape index (κ3) is 12.5. The lowest BCUT2D eigenvalue weighted by Crippen LogP contribution is -2.46. The van der Waals surface area contributed by atoms with E-state index < -0.39 is 0 Å². The predicted molar refractivity (Wildman–Crippen MR) is 240 cm³/mol. The summed E-state index contributed by atoms with van der Waals surface area (Å²) < 4.78 is 41.2. The van der Waals surface area contributed by atoms with Crippen molar-refractivity contribution in [1.29, 1.82) is 0 Å². The van der Waals surface area contributed by atoms with E-state index in [1.54, 1.807) is 46.9 Å². The van der Waals surface area contributed by atoms with Gasteiger partial charge in [-0.2, -0.15) is 0 Å². The molecule has 0 bridgehead atoms. The summed E-state index contributed by atoms with van der Waals surface area (Å²) in [7, 11) is 8.22. The molecule has 0 saturated carbocycles. The van der Waals surface area contributed by atoms with Crippen molar-refractivity contribution in [3.8, 4) is 50.8 Å². The Morgan fingerprint density at radius 3 is 1.69 bits per heavy atom. The van der Waals surface area contributed by atoms with Crippen LogP contribution in [-0.4, -0.2) is 103 Å². The Morgan fingerprint density at radius 2 is 1.08 bits per heavy atom. The lowest BCUT2D eigenvalue weighted by molar-refractivity contribution is 0.128. The second kappa shape index (κ2) is 23.0. The first kappa shape index (κ1) is 43.6. The summed E-state index contributed by atoms with van der Waals surface area (Å²) in [5.74, 6) is 4.85. The summed E-state index contributed by atoms with van der Waals surface area (Å²) in [6, 6.07) is 24.2. The van der Waals surface area contributed by atoms with Crippen molar-refractivity contribution in [1.82, 2.24) is 14.8 Å². The number of rotatable bonds is 24. The van der Waals surface area contributed by atoms with E-state index in [4.69, 9.17) is 38.1 Å². The molecule has 2 heterocycles. The molecule has 1 saturated heterocycles. The fourth-order valence-corrected chi connectivity index (χ4v) is 8.36. The van der Waals surface area contributed by atoms with E-state index in [-0.39, 0.29) is 0 Å². The van der Waals surface area contributed by atoms with E-state index in [2.05, 4.69) is 34.1 Å². The van der Waals surface area contributed by atoms with Gasteiger partial charge in [0.15, 0.2) is 34.5 Å². The number of benzene rings is 4. The molecule has 1 aromatic heterocycles. The van der Waals surface area contributed by atoms with Crippen LogP contribution in [-0.2, 0) is 0 Å². The van der Waals surface area contributed by atoms with Crippen LogP contribution in [0.15, 0.2) is 72.8 Å². The van der Waals surface area contributed by atoms with Gasteiger partial charge in [-0.3, -0.25) is 0 Å².